The summed E-state index contributed by atoms with van der Waals surface area (Å²) < 4.78 is 5.73. The molecule has 8 nitrogen and oxygen atoms in total. The normalized spacial score (nSPS) is 10.1. The van der Waals surface area contributed by atoms with Crippen LogP contribution >= 0.6 is 23.1 Å². The van der Waals surface area contributed by atoms with Crippen LogP contribution in [0.25, 0.3) is 0 Å². The van der Waals surface area contributed by atoms with Crippen molar-refractivity contribution in [2.75, 3.05) is 24.7 Å². The van der Waals surface area contributed by atoms with E-state index in [1.165, 1.54) is 23.1 Å². The number of thioether (sulfide) groups is 1. The molecule has 0 aliphatic heterocycles. The second-order valence-corrected chi connectivity index (χ2v) is 6.62. The molecule has 2 rings (SSSR count). The van der Waals surface area contributed by atoms with Gasteiger partial charge in [-0.1, -0.05) is 23.1 Å². The Morgan fingerprint density at radius 2 is 2.00 bits per heavy atom. The summed E-state index contributed by atoms with van der Waals surface area (Å²) >= 11 is 2.55. The van der Waals surface area contributed by atoms with Crippen LogP contribution in [0.3, 0.4) is 0 Å². The predicted octanol–water partition coefficient (Wildman–Crippen LogP) is 2.23. The van der Waals surface area contributed by atoms with Crippen molar-refractivity contribution >= 4 is 45.9 Å². The van der Waals surface area contributed by atoms with E-state index in [-0.39, 0.29) is 11.7 Å². The summed E-state index contributed by atoms with van der Waals surface area (Å²) in [5.74, 6) is 0.479. The summed E-state index contributed by atoms with van der Waals surface area (Å²) in [6, 6.07) is 6.91. The monoisotopic (exact) mass is 367 g/mol. The standard InChI is InChI=1S/C14H17N5O3S2/c1-3-15-12(21)17-11(20)8-23-14-19-18-13(24-14)16-9-4-6-10(22-2)7-5-9/h4-7H,3,8H2,1-2H3,(H,16,18)(H2,15,17,20,21). The van der Waals surface area contributed by atoms with Gasteiger partial charge in [0.15, 0.2) is 4.34 Å². The van der Waals surface area contributed by atoms with Gasteiger partial charge in [0.1, 0.15) is 5.75 Å². The molecule has 0 bridgehead atoms. The molecule has 10 heteroatoms. The Bertz CT molecular complexity index is 690. The van der Waals surface area contributed by atoms with Crippen molar-refractivity contribution in [2.24, 2.45) is 0 Å². The van der Waals surface area contributed by atoms with Crippen LogP contribution in [-0.2, 0) is 4.79 Å². The number of imide groups is 1. The van der Waals surface area contributed by atoms with Gasteiger partial charge < -0.3 is 15.4 Å². The number of hydrogen-bond acceptors (Lipinski definition) is 8. The molecule has 0 fully saturated rings. The molecule has 1 aromatic heterocycles. The molecule has 0 unspecified atom stereocenters. The van der Waals surface area contributed by atoms with E-state index in [0.717, 1.165) is 11.4 Å². The van der Waals surface area contributed by atoms with E-state index >= 15 is 0 Å². The van der Waals surface area contributed by atoms with Gasteiger partial charge in [-0.15, -0.1) is 10.2 Å². The minimum Gasteiger partial charge on any atom is -0.497 e. The third-order valence-electron chi connectivity index (χ3n) is 2.66. The number of urea groups is 1. The maximum atomic E-state index is 11.6. The molecule has 0 atom stereocenters. The summed E-state index contributed by atoms with van der Waals surface area (Å²) in [7, 11) is 1.61. The first-order valence-electron chi connectivity index (χ1n) is 7.05. The fourth-order valence-corrected chi connectivity index (χ4v) is 3.18. The quantitative estimate of drug-likeness (QED) is 0.644. The van der Waals surface area contributed by atoms with Gasteiger partial charge >= 0.3 is 6.03 Å². The van der Waals surface area contributed by atoms with Crippen molar-refractivity contribution in [1.29, 1.82) is 0 Å². The van der Waals surface area contributed by atoms with E-state index in [1.807, 2.05) is 24.3 Å². The van der Waals surface area contributed by atoms with E-state index in [4.69, 9.17) is 4.74 Å². The Kier molecular flexibility index (Phi) is 6.82. The minimum absolute atomic E-state index is 0.0916. The average Bonchev–Trinajstić information content (AvgIpc) is 3.01. The van der Waals surface area contributed by atoms with Crippen LogP contribution in [0.1, 0.15) is 6.92 Å². The molecule has 128 valence electrons. The third-order valence-corrected chi connectivity index (χ3v) is 4.64. The number of amides is 3. The van der Waals surface area contributed by atoms with Crippen molar-refractivity contribution in [3.05, 3.63) is 24.3 Å². The number of nitrogens with zero attached hydrogens (tertiary/aromatic N) is 2. The summed E-state index contributed by atoms with van der Waals surface area (Å²) in [6.07, 6.45) is 0. The first kappa shape index (κ1) is 18.0. The van der Waals surface area contributed by atoms with E-state index in [1.54, 1.807) is 14.0 Å². The lowest BCUT2D eigenvalue weighted by atomic mass is 10.3. The van der Waals surface area contributed by atoms with Crippen LogP contribution in [0.4, 0.5) is 15.6 Å². The number of benzene rings is 1. The Labute approximate surface area is 147 Å². The Balaban J connectivity index is 1.82. The number of anilines is 2. The molecule has 1 heterocycles. The summed E-state index contributed by atoms with van der Waals surface area (Å²) in [4.78, 5) is 22.8. The lowest BCUT2D eigenvalue weighted by molar-refractivity contribution is -0.117. The first-order valence-corrected chi connectivity index (χ1v) is 8.86. The molecular formula is C14H17N5O3S2. The first-order chi connectivity index (χ1) is 11.6. The van der Waals surface area contributed by atoms with Gasteiger partial charge in [0, 0.05) is 12.2 Å². The highest BCUT2D eigenvalue weighted by atomic mass is 32.2. The van der Waals surface area contributed by atoms with Crippen LogP contribution < -0.4 is 20.7 Å². The number of rotatable bonds is 7. The van der Waals surface area contributed by atoms with Gasteiger partial charge in [0.2, 0.25) is 11.0 Å². The van der Waals surface area contributed by atoms with Crippen LogP contribution in [-0.4, -0.2) is 41.5 Å². The number of nitrogens with one attached hydrogen (secondary N) is 3. The molecule has 24 heavy (non-hydrogen) atoms. The zero-order chi connectivity index (χ0) is 17.4. The van der Waals surface area contributed by atoms with Gasteiger partial charge in [-0.3, -0.25) is 10.1 Å². The average molecular weight is 367 g/mol. The highest BCUT2D eigenvalue weighted by Crippen LogP contribution is 2.28. The highest BCUT2D eigenvalue weighted by Gasteiger charge is 2.10. The molecule has 0 aliphatic rings. The number of methoxy groups -OCH3 is 1. The van der Waals surface area contributed by atoms with Gasteiger partial charge in [0.05, 0.1) is 12.9 Å². The number of carbonyl (C=O) groups is 2. The fourth-order valence-electron chi connectivity index (χ4n) is 1.61. The zero-order valence-corrected chi connectivity index (χ0v) is 14.8. The Morgan fingerprint density at radius 1 is 1.25 bits per heavy atom. The highest BCUT2D eigenvalue weighted by molar-refractivity contribution is 8.01. The van der Waals surface area contributed by atoms with Crippen molar-refractivity contribution in [3.8, 4) is 5.75 Å². The van der Waals surface area contributed by atoms with E-state index in [2.05, 4.69) is 26.1 Å². The lowest BCUT2D eigenvalue weighted by Gasteiger charge is -2.03. The summed E-state index contributed by atoms with van der Waals surface area (Å²) in [5, 5.41) is 16.5. The molecule has 3 amide bonds. The van der Waals surface area contributed by atoms with Crippen LogP contribution in [0.2, 0.25) is 0 Å². The molecule has 3 N–H and O–H groups in total. The molecule has 2 aromatic rings. The molecule has 0 saturated carbocycles. The Morgan fingerprint density at radius 3 is 2.67 bits per heavy atom. The third kappa shape index (κ3) is 5.70. The van der Waals surface area contributed by atoms with Gasteiger partial charge in [-0.2, -0.15) is 0 Å². The number of hydrogen-bond donors (Lipinski definition) is 3. The molecule has 0 aliphatic carbocycles. The van der Waals surface area contributed by atoms with E-state index in [9.17, 15) is 9.59 Å². The molecule has 0 saturated heterocycles. The second kappa shape index (κ2) is 9.08. The molecule has 1 aromatic carbocycles. The van der Waals surface area contributed by atoms with Crippen LogP contribution in [0.15, 0.2) is 28.6 Å². The Hall–Kier alpha value is -2.33. The van der Waals surface area contributed by atoms with Gasteiger partial charge in [-0.25, -0.2) is 4.79 Å². The van der Waals surface area contributed by atoms with Crippen molar-refractivity contribution in [3.63, 3.8) is 0 Å². The smallest absolute Gasteiger partial charge is 0.321 e. The van der Waals surface area contributed by atoms with E-state index in [0.29, 0.717) is 16.0 Å². The van der Waals surface area contributed by atoms with Gasteiger partial charge in [-0.05, 0) is 31.2 Å². The van der Waals surface area contributed by atoms with Crippen LogP contribution in [0.5, 0.6) is 5.75 Å². The largest absolute Gasteiger partial charge is 0.497 e. The molecule has 0 spiro atoms. The lowest BCUT2D eigenvalue weighted by Crippen LogP contribution is -2.40. The maximum Gasteiger partial charge on any atom is 0.321 e. The van der Waals surface area contributed by atoms with Crippen molar-refractivity contribution in [2.45, 2.75) is 11.3 Å². The zero-order valence-electron chi connectivity index (χ0n) is 13.2. The van der Waals surface area contributed by atoms with Crippen molar-refractivity contribution in [1.82, 2.24) is 20.8 Å². The maximum absolute atomic E-state index is 11.6. The SMILES string of the molecule is CCNC(=O)NC(=O)CSc1nnc(Nc2ccc(OC)cc2)s1. The summed E-state index contributed by atoms with van der Waals surface area (Å²) in [5.41, 5.74) is 0.859. The number of aromatic nitrogens is 2. The number of carbonyl (C=O) groups excluding carboxylic acids is 2. The molecule has 0 radical (unpaired) electrons. The second-order valence-electron chi connectivity index (χ2n) is 4.42. The van der Waals surface area contributed by atoms with Crippen molar-refractivity contribution < 1.29 is 14.3 Å². The predicted molar refractivity (Wildman–Crippen MR) is 94.1 cm³/mol. The number of ether oxygens (including phenoxy) is 1. The van der Waals surface area contributed by atoms with Gasteiger partial charge in [0.25, 0.3) is 0 Å². The summed E-state index contributed by atoms with van der Waals surface area (Å²) in [6.45, 7) is 2.24. The fraction of sp³-hybridized carbons (Fsp3) is 0.286. The van der Waals surface area contributed by atoms with Crippen LogP contribution in [0, 0.1) is 0 Å². The topological polar surface area (TPSA) is 105 Å². The minimum atomic E-state index is -0.498. The molecular weight excluding hydrogens is 350 g/mol. The van der Waals surface area contributed by atoms with E-state index < -0.39 is 6.03 Å².